The molecule has 0 N–H and O–H groups in total. The van der Waals surface area contributed by atoms with E-state index < -0.39 is 0 Å². The minimum absolute atomic E-state index is 0.0374. The van der Waals surface area contributed by atoms with E-state index in [4.69, 9.17) is 16.3 Å². The molecule has 3 rings (SSSR count). The van der Waals surface area contributed by atoms with Crippen LogP contribution in [0.15, 0.2) is 53.5 Å². The number of halogens is 1. The van der Waals surface area contributed by atoms with E-state index in [2.05, 4.69) is 4.99 Å². The van der Waals surface area contributed by atoms with Crippen LogP contribution in [-0.4, -0.2) is 36.3 Å². The number of benzene rings is 2. The number of nitrogens with zero attached hydrogens (tertiary/aromatic N) is 2. The Balaban J connectivity index is 1.71. The normalized spacial score (nSPS) is 13.8. The number of carbonyl (C=O) groups is 1. The number of hydrogen-bond donors (Lipinski definition) is 0. The van der Waals surface area contributed by atoms with Crippen molar-refractivity contribution in [1.29, 1.82) is 0 Å². The minimum Gasteiger partial charge on any atom is -0.494 e. The number of amides is 1. The highest BCUT2D eigenvalue weighted by molar-refractivity contribution is 6.31. The van der Waals surface area contributed by atoms with E-state index in [-0.39, 0.29) is 5.91 Å². The maximum atomic E-state index is 12.7. The Labute approximate surface area is 146 Å². The van der Waals surface area contributed by atoms with Crippen molar-refractivity contribution in [2.75, 3.05) is 19.7 Å². The zero-order chi connectivity index (χ0) is 16.9. The average Bonchev–Trinajstić information content (AvgIpc) is 3.07. The van der Waals surface area contributed by atoms with Gasteiger partial charge in [0.05, 0.1) is 19.6 Å². The van der Waals surface area contributed by atoms with Gasteiger partial charge in [-0.2, -0.15) is 0 Å². The lowest BCUT2D eigenvalue weighted by molar-refractivity contribution is -0.126. The molecule has 0 saturated carbocycles. The van der Waals surface area contributed by atoms with Gasteiger partial charge in [0.15, 0.2) is 0 Å². The molecule has 0 aliphatic carbocycles. The third-order valence-corrected chi connectivity index (χ3v) is 4.05. The number of hydrogen-bond acceptors (Lipinski definition) is 3. The summed E-state index contributed by atoms with van der Waals surface area (Å²) >= 11 is 6.05. The van der Waals surface area contributed by atoms with Crippen molar-refractivity contribution in [3.05, 3.63) is 64.7 Å². The van der Waals surface area contributed by atoms with Crippen LogP contribution in [-0.2, 0) is 11.2 Å². The van der Waals surface area contributed by atoms with Gasteiger partial charge in [0.25, 0.3) is 0 Å². The summed E-state index contributed by atoms with van der Waals surface area (Å²) in [6, 6.07) is 15.1. The van der Waals surface area contributed by atoms with Crippen LogP contribution in [0.2, 0.25) is 5.02 Å². The van der Waals surface area contributed by atoms with Gasteiger partial charge in [0.1, 0.15) is 11.6 Å². The molecule has 124 valence electrons. The fraction of sp³-hybridized carbons (Fsp3) is 0.263. The molecular formula is C19H19ClN2O2. The van der Waals surface area contributed by atoms with Crippen LogP contribution in [0, 0.1) is 0 Å². The molecule has 4 nitrogen and oxygen atoms in total. The molecule has 0 bridgehead atoms. The summed E-state index contributed by atoms with van der Waals surface area (Å²) in [6.45, 7) is 3.81. The Kier molecular flexibility index (Phi) is 5.16. The summed E-state index contributed by atoms with van der Waals surface area (Å²) < 4.78 is 5.42. The molecule has 1 aliphatic rings. The van der Waals surface area contributed by atoms with E-state index in [1.165, 1.54) is 0 Å². The standard InChI is InChI=1S/C19H19ClN2O2/c1-2-24-17-8-6-14(7-9-17)12-18(23)22-11-10-21-19(22)15-4-3-5-16(20)13-15/h3-9,13H,2,10-12H2,1H3. The van der Waals surface area contributed by atoms with E-state index in [9.17, 15) is 4.79 Å². The number of rotatable bonds is 5. The highest BCUT2D eigenvalue weighted by atomic mass is 35.5. The quantitative estimate of drug-likeness (QED) is 0.833. The molecule has 2 aromatic rings. The van der Waals surface area contributed by atoms with Gasteiger partial charge in [0, 0.05) is 17.1 Å². The Hall–Kier alpha value is -2.33. The van der Waals surface area contributed by atoms with Crippen LogP contribution >= 0.6 is 11.6 Å². The molecule has 24 heavy (non-hydrogen) atoms. The lowest BCUT2D eigenvalue weighted by atomic mass is 10.1. The first-order valence-corrected chi connectivity index (χ1v) is 8.37. The smallest absolute Gasteiger partial charge is 0.232 e. The number of aliphatic imine (C=N–C) groups is 1. The molecule has 1 amide bonds. The second-order valence-electron chi connectivity index (χ2n) is 5.51. The summed E-state index contributed by atoms with van der Waals surface area (Å²) in [5, 5.41) is 0.640. The molecule has 5 heteroatoms. The van der Waals surface area contributed by atoms with Gasteiger partial charge in [-0.25, -0.2) is 0 Å². The Morgan fingerprint density at radius 1 is 1.25 bits per heavy atom. The van der Waals surface area contributed by atoms with E-state index in [0.717, 1.165) is 16.9 Å². The molecule has 0 spiro atoms. The third-order valence-electron chi connectivity index (χ3n) is 3.81. The number of ether oxygens (including phenoxy) is 1. The molecule has 0 saturated heterocycles. The van der Waals surface area contributed by atoms with Crippen molar-refractivity contribution < 1.29 is 9.53 Å². The first-order valence-electron chi connectivity index (χ1n) is 8.00. The van der Waals surface area contributed by atoms with Gasteiger partial charge < -0.3 is 4.74 Å². The monoisotopic (exact) mass is 342 g/mol. The lowest BCUT2D eigenvalue weighted by Gasteiger charge is -2.19. The van der Waals surface area contributed by atoms with Gasteiger partial charge in [-0.15, -0.1) is 0 Å². The molecule has 1 aliphatic heterocycles. The van der Waals surface area contributed by atoms with Crippen molar-refractivity contribution in [3.8, 4) is 5.75 Å². The first-order chi connectivity index (χ1) is 11.7. The van der Waals surface area contributed by atoms with E-state index in [0.29, 0.717) is 37.0 Å². The molecular weight excluding hydrogens is 324 g/mol. The minimum atomic E-state index is 0.0374. The van der Waals surface area contributed by atoms with Gasteiger partial charge in [-0.3, -0.25) is 14.7 Å². The van der Waals surface area contributed by atoms with Gasteiger partial charge in [-0.05, 0) is 36.8 Å². The fourth-order valence-electron chi connectivity index (χ4n) is 2.70. The summed E-state index contributed by atoms with van der Waals surface area (Å²) in [5.74, 6) is 1.56. The topological polar surface area (TPSA) is 41.9 Å². The van der Waals surface area contributed by atoms with Crippen molar-refractivity contribution in [2.45, 2.75) is 13.3 Å². The van der Waals surface area contributed by atoms with Crippen LogP contribution < -0.4 is 4.74 Å². The highest BCUT2D eigenvalue weighted by Crippen LogP contribution is 2.18. The van der Waals surface area contributed by atoms with Crippen molar-refractivity contribution >= 4 is 23.3 Å². The molecule has 0 radical (unpaired) electrons. The summed E-state index contributed by atoms with van der Waals surface area (Å²) in [4.78, 5) is 18.9. The molecule has 2 aromatic carbocycles. The Morgan fingerprint density at radius 2 is 2.04 bits per heavy atom. The zero-order valence-corrected chi connectivity index (χ0v) is 14.3. The largest absolute Gasteiger partial charge is 0.494 e. The average molecular weight is 343 g/mol. The van der Waals surface area contributed by atoms with Gasteiger partial charge in [0.2, 0.25) is 5.91 Å². The molecule has 1 heterocycles. The van der Waals surface area contributed by atoms with Crippen LogP contribution in [0.1, 0.15) is 18.1 Å². The van der Waals surface area contributed by atoms with Crippen LogP contribution in [0.5, 0.6) is 5.75 Å². The van der Waals surface area contributed by atoms with Crippen LogP contribution in [0.3, 0.4) is 0 Å². The summed E-state index contributed by atoms with van der Waals surface area (Å²) in [6.07, 6.45) is 0.339. The second-order valence-corrected chi connectivity index (χ2v) is 5.95. The molecule has 0 fully saturated rings. The fourth-order valence-corrected chi connectivity index (χ4v) is 2.90. The molecule has 0 aromatic heterocycles. The lowest BCUT2D eigenvalue weighted by Crippen LogP contribution is -2.36. The zero-order valence-electron chi connectivity index (χ0n) is 13.5. The van der Waals surface area contributed by atoms with E-state index >= 15 is 0 Å². The molecule has 0 unspecified atom stereocenters. The van der Waals surface area contributed by atoms with Crippen molar-refractivity contribution in [2.24, 2.45) is 4.99 Å². The highest BCUT2D eigenvalue weighted by Gasteiger charge is 2.24. The van der Waals surface area contributed by atoms with E-state index in [1.54, 1.807) is 4.90 Å². The van der Waals surface area contributed by atoms with Crippen molar-refractivity contribution in [1.82, 2.24) is 4.90 Å². The predicted molar refractivity (Wildman–Crippen MR) is 95.9 cm³/mol. The summed E-state index contributed by atoms with van der Waals surface area (Å²) in [7, 11) is 0. The van der Waals surface area contributed by atoms with Gasteiger partial charge in [-0.1, -0.05) is 35.9 Å². The Bertz CT molecular complexity index is 756. The predicted octanol–water partition coefficient (Wildman–Crippen LogP) is 3.57. The van der Waals surface area contributed by atoms with Crippen LogP contribution in [0.4, 0.5) is 0 Å². The Morgan fingerprint density at radius 3 is 2.75 bits per heavy atom. The number of carbonyl (C=O) groups excluding carboxylic acids is 1. The SMILES string of the molecule is CCOc1ccc(CC(=O)N2CCN=C2c2cccc(Cl)c2)cc1. The second kappa shape index (κ2) is 7.49. The molecule has 0 atom stereocenters. The third kappa shape index (κ3) is 3.77. The maximum absolute atomic E-state index is 12.7. The van der Waals surface area contributed by atoms with Crippen LogP contribution in [0.25, 0.3) is 0 Å². The number of amidine groups is 1. The van der Waals surface area contributed by atoms with Gasteiger partial charge >= 0.3 is 0 Å². The van der Waals surface area contributed by atoms with Crippen molar-refractivity contribution in [3.63, 3.8) is 0 Å². The van der Waals surface area contributed by atoms with E-state index in [1.807, 2.05) is 55.5 Å². The maximum Gasteiger partial charge on any atom is 0.232 e. The first kappa shape index (κ1) is 16.5. The summed E-state index contributed by atoms with van der Waals surface area (Å²) in [5.41, 5.74) is 1.83.